The van der Waals surface area contributed by atoms with Gasteiger partial charge in [-0.25, -0.2) is 4.98 Å². The first kappa shape index (κ1) is 18.9. The minimum absolute atomic E-state index is 0.00996. The highest BCUT2D eigenvalue weighted by Crippen LogP contribution is 2.39. The molecule has 7 heteroatoms. The van der Waals surface area contributed by atoms with Gasteiger partial charge in [0, 0.05) is 51.3 Å². The lowest BCUT2D eigenvalue weighted by atomic mass is 9.73. The summed E-state index contributed by atoms with van der Waals surface area (Å²) in [6, 6.07) is 5.77. The lowest BCUT2D eigenvalue weighted by molar-refractivity contribution is -0.139. The van der Waals surface area contributed by atoms with Gasteiger partial charge >= 0.3 is 0 Å². The first-order chi connectivity index (χ1) is 13.5. The molecular weight excluding hydrogens is 356 g/mol. The number of hydrogen-bond donors (Lipinski definition) is 0. The summed E-state index contributed by atoms with van der Waals surface area (Å²) in [4.78, 5) is 34.1. The van der Waals surface area contributed by atoms with Crippen molar-refractivity contribution in [3.05, 3.63) is 35.8 Å². The highest BCUT2D eigenvalue weighted by molar-refractivity contribution is 5.94. The number of hydrogen-bond acceptors (Lipinski definition) is 4. The Balaban J connectivity index is 1.55. The monoisotopic (exact) mass is 384 g/mol. The summed E-state index contributed by atoms with van der Waals surface area (Å²) in [6.45, 7) is 5.23. The molecule has 4 heterocycles. The van der Waals surface area contributed by atoms with Gasteiger partial charge in [0.05, 0.1) is 12.3 Å². The zero-order chi connectivity index (χ0) is 19.7. The van der Waals surface area contributed by atoms with E-state index in [4.69, 9.17) is 4.74 Å². The van der Waals surface area contributed by atoms with E-state index in [0.717, 1.165) is 37.1 Å². The molecule has 0 unspecified atom stereocenters. The van der Waals surface area contributed by atoms with Crippen molar-refractivity contribution in [2.75, 3.05) is 39.9 Å². The maximum absolute atomic E-state index is 13.4. The number of carbonyl (C=O) groups excluding carboxylic acids is 2. The number of aromatic nitrogens is 2. The first-order valence-electron chi connectivity index (χ1n) is 10.0. The van der Waals surface area contributed by atoms with Crippen molar-refractivity contribution >= 4 is 17.5 Å². The molecule has 0 N–H and O–H groups in total. The topological polar surface area (TPSA) is 67.2 Å². The van der Waals surface area contributed by atoms with Crippen LogP contribution in [0.2, 0.25) is 0 Å². The molecule has 28 heavy (non-hydrogen) atoms. The van der Waals surface area contributed by atoms with E-state index in [9.17, 15) is 9.59 Å². The fraction of sp³-hybridized carbons (Fsp3) is 0.571. The largest absolute Gasteiger partial charge is 0.383 e. The Morgan fingerprint density at radius 3 is 2.96 bits per heavy atom. The molecule has 0 bridgehead atoms. The number of ether oxygens (including phenoxy) is 1. The molecule has 4 rings (SSSR count). The number of likely N-dealkylation sites (tertiary alicyclic amines) is 2. The quantitative estimate of drug-likeness (QED) is 0.810. The molecule has 2 aromatic rings. The number of carbonyl (C=O) groups is 2. The summed E-state index contributed by atoms with van der Waals surface area (Å²) < 4.78 is 7.05. The molecular formula is C21H28N4O3. The molecule has 2 aliphatic rings. The SMILES string of the molecule is COCCN1C[C@]2(CCCN(C(=O)c3c(C)nc4ccccn34)C2)CCC1=O. The Morgan fingerprint density at radius 1 is 1.29 bits per heavy atom. The molecule has 0 saturated carbocycles. The van der Waals surface area contributed by atoms with E-state index < -0.39 is 0 Å². The lowest BCUT2D eigenvalue weighted by Crippen LogP contribution is -2.55. The summed E-state index contributed by atoms with van der Waals surface area (Å²) in [5, 5.41) is 0. The highest BCUT2D eigenvalue weighted by atomic mass is 16.5. The number of fused-ring (bicyclic) bond motifs is 1. The second-order valence-corrected chi connectivity index (χ2v) is 8.11. The zero-order valence-corrected chi connectivity index (χ0v) is 16.7. The number of nitrogens with zero attached hydrogens (tertiary/aromatic N) is 4. The zero-order valence-electron chi connectivity index (χ0n) is 16.7. The molecule has 150 valence electrons. The molecule has 0 aliphatic carbocycles. The van der Waals surface area contributed by atoms with Crippen LogP contribution < -0.4 is 0 Å². The van der Waals surface area contributed by atoms with Crippen molar-refractivity contribution in [1.29, 1.82) is 0 Å². The summed E-state index contributed by atoms with van der Waals surface area (Å²) in [6.07, 6.45) is 5.33. The molecule has 2 aromatic heterocycles. The number of rotatable bonds is 4. The van der Waals surface area contributed by atoms with Crippen LogP contribution in [0.4, 0.5) is 0 Å². The summed E-state index contributed by atoms with van der Waals surface area (Å²) in [5.41, 5.74) is 2.19. The van der Waals surface area contributed by atoms with Gasteiger partial charge in [0.25, 0.3) is 5.91 Å². The molecule has 2 aliphatic heterocycles. The molecule has 2 saturated heterocycles. The standard InChI is InChI=1S/C21H28N4O3/c1-16-19(25-11-4-3-6-17(25)22-16)20(27)24-10-5-8-21(15-24)9-7-18(26)23(14-21)12-13-28-2/h3-4,6,11H,5,7-10,12-15H2,1-2H3/t21-/m0/s1. The summed E-state index contributed by atoms with van der Waals surface area (Å²) >= 11 is 0. The molecule has 1 atom stereocenters. The van der Waals surface area contributed by atoms with Gasteiger partial charge in [-0.15, -0.1) is 0 Å². The van der Waals surface area contributed by atoms with Gasteiger partial charge in [0.15, 0.2) is 0 Å². The third-order valence-corrected chi connectivity index (χ3v) is 6.17. The molecule has 0 radical (unpaired) electrons. The average molecular weight is 384 g/mol. The van der Waals surface area contributed by atoms with Gasteiger partial charge in [-0.3, -0.25) is 14.0 Å². The van der Waals surface area contributed by atoms with Crippen molar-refractivity contribution in [3.8, 4) is 0 Å². The van der Waals surface area contributed by atoms with Crippen LogP contribution >= 0.6 is 0 Å². The number of pyridine rings is 1. The van der Waals surface area contributed by atoms with Crippen molar-refractivity contribution in [2.24, 2.45) is 5.41 Å². The van der Waals surface area contributed by atoms with E-state index in [1.807, 2.05) is 45.5 Å². The van der Waals surface area contributed by atoms with Crippen LogP contribution in [0.15, 0.2) is 24.4 Å². The van der Waals surface area contributed by atoms with Crippen LogP contribution in [0.3, 0.4) is 0 Å². The van der Waals surface area contributed by atoms with Crippen LogP contribution in [0.25, 0.3) is 5.65 Å². The van der Waals surface area contributed by atoms with Gasteiger partial charge in [-0.2, -0.15) is 0 Å². The van der Waals surface area contributed by atoms with E-state index in [0.29, 0.717) is 38.4 Å². The second kappa shape index (κ2) is 7.54. The van der Waals surface area contributed by atoms with Gasteiger partial charge in [0.2, 0.25) is 5.91 Å². The first-order valence-corrected chi connectivity index (χ1v) is 10.0. The second-order valence-electron chi connectivity index (χ2n) is 8.11. The Labute approximate surface area is 165 Å². The van der Waals surface area contributed by atoms with E-state index in [-0.39, 0.29) is 17.2 Å². The summed E-state index contributed by atoms with van der Waals surface area (Å²) in [5.74, 6) is 0.236. The average Bonchev–Trinajstić information content (AvgIpc) is 3.04. The highest BCUT2D eigenvalue weighted by Gasteiger charge is 2.43. The van der Waals surface area contributed by atoms with Crippen LogP contribution in [-0.2, 0) is 9.53 Å². The molecule has 7 nitrogen and oxygen atoms in total. The van der Waals surface area contributed by atoms with Crippen molar-refractivity contribution in [1.82, 2.24) is 19.2 Å². The van der Waals surface area contributed by atoms with Gasteiger partial charge in [0.1, 0.15) is 11.3 Å². The Hall–Kier alpha value is -2.41. The Kier molecular flexibility index (Phi) is 5.10. The van der Waals surface area contributed by atoms with Crippen molar-refractivity contribution in [2.45, 2.75) is 32.6 Å². The van der Waals surface area contributed by atoms with Crippen molar-refractivity contribution in [3.63, 3.8) is 0 Å². The van der Waals surface area contributed by atoms with Gasteiger partial charge < -0.3 is 14.5 Å². The number of amides is 2. The van der Waals surface area contributed by atoms with Crippen LogP contribution in [-0.4, -0.2) is 70.9 Å². The van der Waals surface area contributed by atoms with Crippen LogP contribution in [0, 0.1) is 12.3 Å². The molecule has 0 aromatic carbocycles. The number of aryl methyl sites for hydroxylation is 1. The lowest BCUT2D eigenvalue weighted by Gasteiger charge is -2.48. The van der Waals surface area contributed by atoms with Crippen molar-refractivity contribution < 1.29 is 14.3 Å². The van der Waals surface area contributed by atoms with Gasteiger partial charge in [-0.1, -0.05) is 6.07 Å². The maximum atomic E-state index is 13.4. The van der Waals surface area contributed by atoms with Crippen LogP contribution in [0.1, 0.15) is 41.9 Å². The molecule has 2 fully saturated rings. The fourth-order valence-electron chi connectivity index (χ4n) is 4.74. The minimum atomic E-state index is -0.00996. The number of methoxy groups -OCH3 is 1. The number of imidazole rings is 1. The van der Waals surface area contributed by atoms with Crippen LogP contribution in [0.5, 0.6) is 0 Å². The maximum Gasteiger partial charge on any atom is 0.272 e. The van der Waals surface area contributed by atoms with E-state index >= 15 is 0 Å². The normalized spacial score (nSPS) is 23.0. The van der Waals surface area contributed by atoms with E-state index in [1.165, 1.54) is 0 Å². The predicted molar refractivity (Wildman–Crippen MR) is 105 cm³/mol. The fourth-order valence-corrected chi connectivity index (χ4v) is 4.74. The summed E-state index contributed by atoms with van der Waals surface area (Å²) in [7, 11) is 1.66. The van der Waals surface area contributed by atoms with E-state index in [2.05, 4.69) is 4.98 Å². The smallest absolute Gasteiger partial charge is 0.272 e. The van der Waals surface area contributed by atoms with E-state index in [1.54, 1.807) is 7.11 Å². The Morgan fingerprint density at radius 2 is 2.14 bits per heavy atom. The van der Waals surface area contributed by atoms with Gasteiger partial charge in [-0.05, 0) is 38.3 Å². The third-order valence-electron chi connectivity index (χ3n) is 6.17. The predicted octanol–water partition coefficient (Wildman–Crippen LogP) is 2.13. The molecule has 2 amide bonds. The third kappa shape index (κ3) is 3.39. The minimum Gasteiger partial charge on any atom is -0.383 e. The Bertz CT molecular complexity index is 893. The molecule has 1 spiro atoms. The number of piperidine rings is 2.